The van der Waals surface area contributed by atoms with Gasteiger partial charge in [-0.05, 0) is 26.7 Å². The van der Waals surface area contributed by atoms with Crippen molar-refractivity contribution in [2.45, 2.75) is 297 Å². The zero-order valence-electron chi connectivity index (χ0n) is 35.1. The summed E-state index contributed by atoms with van der Waals surface area (Å²) in [5, 5.41) is 0. The van der Waals surface area contributed by atoms with Crippen molar-refractivity contribution in [3.8, 4) is 0 Å². The lowest BCUT2D eigenvalue weighted by atomic mass is 10.0. The second-order valence-corrected chi connectivity index (χ2v) is 17.2. The Morgan fingerprint density at radius 3 is 0.640 bits per heavy atom. The Bertz CT molecular complexity index is 589. The molecular formula is C46H94O3P+. The average Bonchev–Trinajstić information content (AvgIpc) is 3.10. The van der Waals surface area contributed by atoms with E-state index in [-0.39, 0.29) is 12.2 Å². The van der Waals surface area contributed by atoms with Crippen molar-refractivity contribution in [3.05, 3.63) is 0 Å². The van der Waals surface area contributed by atoms with Crippen LogP contribution in [0.15, 0.2) is 0 Å². The van der Waals surface area contributed by atoms with Gasteiger partial charge in [0.15, 0.2) is 0 Å². The molecule has 3 nitrogen and oxygen atoms in total. The molecule has 0 saturated carbocycles. The van der Waals surface area contributed by atoms with E-state index in [0.717, 1.165) is 25.7 Å². The molecule has 0 aromatic rings. The van der Waals surface area contributed by atoms with Crippen molar-refractivity contribution in [1.29, 1.82) is 0 Å². The highest BCUT2D eigenvalue weighted by Gasteiger charge is 2.27. The van der Waals surface area contributed by atoms with E-state index >= 15 is 0 Å². The van der Waals surface area contributed by atoms with Crippen LogP contribution in [0.1, 0.15) is 285 Å². The summed E-state index contributed by atoms with van der Waals surface area (Å²) in [5.41, 5.74) is 0. The first-order valence-electron chi connectivity index (χ1n) is 23.4. The minimum atomic E-state index is -2.00. The maximum absolute atomic E-state index is 12.4. The van der Waals surface area contributed by atoms with Crippen LogP contribution in [0.25, 0.3) is 0 Å². The molecule has 0 spiro atoms. The van der Waals surface area contributed by atoms with Crippen molar-refractivity contribution >= 4 is 8.25 Å². The fourth-order valence-corrected chi connectivity index (χ4v) is 8.29. The van der Waals surface area contributed by atoms with Crippen LogP contribution < -0.4 is 0 Å². The summed E-state index contributed by atoms with van der Waals surface area (Å²) < 4.78 is 23.7. The molecule has 50 heavy (non-hydrogen) atoms. The monoisotopic (exact) mass is 726 g/mol. The largest absolute Gasteiger partial charge is 0.697 e. The van der Waals surface area contributed by atoms with Gasteiger partial charge in [-0.15, -0.1) is 9.05 Å². The fourth-order valence-electron chi connectivity index (χ4n) is 7.44. The summed E-state index contributed by atoms with van der Waals surface area (Å²) in [6, 6.07) is 0. The lowest BCUT2D eigenvalue weighted by Gasteiger charge is -2.07. The predicted molar refractivity (Wildman–Crippen MR) is 225 cm³/mol. The Balaban J connectivity index is 3.35. The summed E-state index contributed by atoms with van der Waals surface area (Å²) in [5.74, 6) is 0. The van der Waals surface area contributed by atoms with Crippen molar-refractivity contribution in [3.63, 3.8) is 0 Å². The first-order valence-corrected chi connectivity index (χ1v) is 24.5. The van der Waals surface area contributed by atoms with E-state index in [0.29, 0.717) is 0 Å². The minimum absolute atomic E-state index is 0.0199. The Morgan fingerprint density at radius 1 is 0.300 bits per heavy atom. The van der Waals surface area contributed by atoms with Gasteiger partial charge in [-0.25, -0.2) is 0 Å². The second-order valence-electron chi connectivity index (χ2n) is 16.4. The normalized spacial score (nSPS) is 13.2. The number of unbranched alkanes of at least 4 members (excludes halogenated alkanes) is 36. The fraction of sp³-hybridized carbons (Fsp3) is 1.00. The maximum atomic E-state index is 12.4. The third-order valence-electron chi connectivity index (χ3n) is 11.0. The molecule has 0 radical (unpaired) electrons. The van der Waals surface area contributed by atoms with Gasteiger partial charge >= 0.3 is 8.25 Å². The van der Waals surface area contributed by atoms with Gasteiger partial charge in [0.1, 0.15) is 12.2 Å². The van der Waals surface area contributed by atoms with Crippen LogP contribution in [0.3, 0.4) is 0 Å². The maximum Gasteiger partial charge on any atom is 0.697 e. The van der Waals surface area contributed by atoms with Gasteiger partial charge in [0.05, 0.1) is 0 Å². The summed E-state index contributed by atoms with van der Waals surface area (Å²) in [7, 11) is -2.00. The Hall–Kier alpha value is 0.0200. The Morgan fingerprint density at radius 2 is 0.460 bits per heavy atom. The SMILES string of the molecule is CCCCCCCCCCCCCCCCCCCCCC(C)O[P+](=O)OC(C)CCCCCCCCCCCCCCCCCCCCC. The molecule has 0 heterocycles. The number of hydrogen-bond donors (Lipinski definition) is 0. The van der Waals surface area contributed by atoms with Gasteiger partial charge in [0, 0.05) is 4.57 Å². The van der Waals surface area contributed by atoms with Crippen LogP contribution in [-0.4, -0.2) is 12.2 Å². The van der Waals surface area contributed by atoms with Crippen molar-refractivity contribution in [2.24, 2.45) is 0 Å². The number of rotatable bonds is 44. The van der Waals surface area contributed by atoms with Gasteiger partial charge in [-0.3, -0.25) is 0 Å². The highest BCUT2D eigenvalue weighted by molar-refractivity contribution is 7.33. The molecule has 0 aliphatic carbocycles. The molecule has 0 rings (SSSR count). The van der Waals surface area contributed by atoms with Crippen LogP contribution >= 0.6 is 8.25 Å². The number of hydrogen-bond acceptors (Lipinski definition) is 3. The van der Waals surface area contributed by atoms with E-state index in [2.05, 4.69) is 13.8 Å². The molecule has 0 saturated heterocycles. The third kappa shape index (κ3) is 42.4. The molecule has 2 atom stereocenters. The molecule has 0 N–H and O–H groups in total. The molecule has 300 valence electrons. The topological polar surface area (TPSA) is 35.5 Å². The van der Waals surface area contributed by atoms with E-state index < -0.39 is 8.25 Å². The quantitative estimate of drug-likeness (QED) is 0.0463. The highest BCUT2D eigenvalue weighted by Crippen LogP contribution is 2.31. The summed E-state index contributed by atoms with van der Waals surface area (Å²) in [6.45, 7) is 8.70. The summed E-state index contributed by atoms with van der Waals surface area (Å²) >= 11 is 0. The molecular weight excluding hydrogens is 631 g/mol. The third-order valence-corrected chi connectivity index (χ3v) is 12.0. The van der Waals surface area contributed by atoms with Gasteiger partial charge in [0.2, 0.25) is 0 Å². The molecule has 2 unspecified atom stereocenters. The molecule has 0 amide bonds. The van der Waals surface area contributed by atoms with Gasteiger partial charge in [-0.2, -0.15) is 0 Å². The van der Waals surface area contributed by atoms with E-state index in [1.807, 2.05) is 13.8 Å². The van der Waals surface area contributed by atoms with E-state index in [9.17, 15) is 4.57 Å². The Labute approximate surface area is 317 Å². The van der Waals surface area contributed by atoms with Crippen LogP contribution in [0, 0.1) is 0 Å². The standard InChI is InChI=1S/C46H94O3P/c1-5-7-9-11-13-15-17-19-21-23-25-27-29-31-33-35-37-39-41-43-45(3)48-50(47)49-46(4)44-42-40-38-36-34-32-30-28-26-24-22-20-18-16-14-12-10-8-6-2/h45-46H,5-44H2,1-4H3/q+1. The summed E-state index contributed by atoms with van der Waals surface area (Å²) in [4.78, 5) is 0. The van der Waals surface area contributed by atoms with Crippen molar-refractivity contribution < 1.29 is 13.6 Å². The highest BCUT2D eigenvalue weighted by atomic mass is 31.1. The summed E-state index contributed by atoms with van der Waals surface area (Å²) in [6.07, 6.45) is 55.3. The van der Waals surface area contributed by atoms with Crippen LogP contribution in [0.2, 0.25) is 0 Å². The van der Waals surface area contributed by atoms with E-state index in [1.54, 1.807) is 0 Å². The first kappa shape index (κ1) is 50.0. The van der Waals surface area contributed by atoms with Crippen LogP contribution in [-0.2, 0) is 13.6 Å². The smallest absolute Gasteiger partial charge is 0.116 e. The second kappa shape index (κ2) is 43.4. The lowest BCUT2D eigenvalue weighted by Crippen LogP contribution is -2.07. The molecule has 0 bridgehead atoms. The zero-order chi connectivity index (χ0) is 36.4. The van der Waals surface area contributed by atoms with Crippen LogP contribution in [0.4, 0.5) is 0 Å². The zero-order valence-corrected chi connectivity index (χ0v) is 36.0. The average molecular weight is 726 g/mol. The molecule has 0 fully saturated rings. The first-order chi connectivity index (χ1) is 24.6. The van der Waals surface area contributed by atoms with E-state index in [4.69, 9.17) is 9.05 Å². The molecule has 4 heteroatoms. The van der Waals surface area contributed by atoms with Crippen molar-refractivity contribution in [2.75, 3.05) is 0 Å². The van der Waals surface area contributed by atoms with Crippen molar-refractivity contribution in [1.82, 2.24) is 0 Å². The minimum Gasteiger partial charge on any atom is -0.116 e. The molecule has 0 aliphatic rings. The molecule has 0 aromatic carbocycles. The molecule has 0 aromatic heterocycles. The van der Waals surface area contributed by atoms with Gasteiger partial charge < -0.3 is 0 Å². The van der Waals surface area contributed by atoms with Gasteiger partial charge in [0.25, 0.3) is 0 Å². The lowest BCUT2D eigenvalue weighted by molar-refractivity contribution is 0.133. The van der Waals surface area contributed by atoms with Gasteiger partial charge in [-0.1, -0.05) is 258 Å². The Kier molecular flexibility index (Phi) is 43.4. The molecule has 0 aliphatic heterocycles. The predicted octanol–water partition coefficient (Wildman–Crippen LogP) is 18.1. The van der Waals surface area contributed by atoms with Crippen LogP contribution in [0.5, 0.6) is 0 Å². The van der Waals surface area contributed by atoms with E-state index in [1.165, 1.54) is 231 Å².